The summed E-state index contributed by atoms with van der Waals surface area (Å²) in [5.41, 5.74) is -0.0144. The molecule has 4 rings (SSSR count). The first-order valence-corrected chi connectivity index (χ1v) is 9.24. The van der Waals surface area contributed by atoms with E-state index in [1.807, 2.05) is 0 Å². The fourth-order valence-electron chi connectivity index (χ4n) is 4.07. The molecule has 1 aliphatic rings. The third kappa shape index (κ3) is 3.35. The van der Waals surface area contributed by atoms with Gasteiger partial charge in [-0.2, -0.15) is 13.2 Å². The van der Waals surface area contributed by atoms with Crippen LogP contribution in [-0.2, 0) is 16.9 Å². The number of piperazine rings is 1. The van der Waals surface area contributed by atoms with Crippen LogP contribution >= 0.6 is 0 Å². The highest BCUT2D eigenvalue weighted by atomic mass is 19.4. The second-order valence-corrected chi connectivity index (χ2v) is 7.21. The molecule has 3 heterocycles. The van der Waals surface area contributed by atoms with Gasteiger partial charge in [0, 0.05) is 19.3 Å². The van der Waals surface area contributed by atoms with Crippen LogP contribution in [0.3, 0.4) is 0 Å². The van der Waals surface area contributed by atoms with E-state index in [0.29, 0.717) is 16.7 Å². The maximum Gasteiger partial charge on any atom is 0.406 e. The number of rotatable bonds is 3. The topological polar surface area (TPSA) is 63.1 Å². The van der Waals surface area contributed by atoms with Crippen LogP contribution in [0.4, 0.5) is 13.2 Å². The minimum Gasteiger partial charge on any atom is -0.328 e. The molecule has 1 aliphatic heterocycles. The molecule has 0 bridgehead atoms. The van der Waals surface area contributed by atoms with Crippen molar-refractivity contribution in [2.45, 2.75) is 31.2 Å². The van der Waals surface area contributed by atoms with E-state index in [-0.39, 0.29) is 19.6 Å². The molecule has 1 N–H and O–H groups in total. The summed E-state index contributed by atoms with van der Waals surface area (Å²) in [6.07, 6.45) is -1.45. The number of nitrogens with zero attached hydrogens (tertiary/aromatic N) is 4. The van der Waals surface area contributed by atoms with E-state index in [9.17, 15) is 18.0 Å². The number of hydrogen-bond donors (Lipinski definition) is 1. The largest absolute Gasteiger partial charge is 0.406 e. The Bertz CT molecular complexity index is 1020. The number of hydrogen-bond acceptors (Lipinski definition) is 4. The number of imidazole rings is 1. The van der Waals surface area contributed by atoms with E-state index in [0.717, 1.165) is 0 Å². The molecular formula is C20H20F3N5O. The van der Waals surface area contributed by atoms with Crippen molar-refractivity contribution in [3.63, 3.8) is 0 Å². The zero-order valence-corrected chi connectivity index (χ0v) is 15.7. The van der Waals surface area contributed by atoms with Crippen LogP contribution in [0.1, 0.15) is 12.5 Å². The highest BCUT2D eigenvalue weighted by Gasteiger charge is 2.57. The average Bonchev–Trinajstić information content (AvgIpc) is 3.11. The van der Waals surface area contributed by atoms with Crippen molar-refractivity contribution < 1.29 is 18.0 Å². The van der Waals surface area contributed by atoms with E-state index in [1.54, 1.807) is 53.2 Å². The lowest BCUT2D eigenvalue weighted by Gasteiger charge is -2.51. The zero-order valence-electron chi connectivity index (χ0n) is 15.7. The molecule has 9 heteroatoms. The van der Waals surface area contributed by atoms with Gasteiger partial charge in [0.15, 0.2) is 5.65 Å². The van der Waals surface area contributed by atoms with Crippen LogP contribution in [0.15, 0.2) is 55.0 Å². The van der Waals surface area contributed by atoms with Gasteiger partial charge >= 0.3 is 6.18 Å². The highest BCUT2D eigenvalue weighted by Crippen LogP contribution is 2.41. The van der Waals surface area contributed by atoms with Crippen molar-refractivity contribution >= 4 is 17.1 Å². The molecule has 2 aromatic heterocycles. The van der Waals surface area contributed by atoms with E-state index in [2.05, 4.69) is 15.3 Å². The Labute approximate surface area is 165 Å². The molecule has 2 atom stereocenters. The summed E-state index contributed by atoms with van der Waals surface area (Å²) in [6, 6.07) is 9.96. The number of benzene rings is 1. The number of pyridine rings is 1. The maximum absolute atomic E-state index is 13.9. The number of halogens is 3. The summed E-state index contributed by atoms with van der Waals surface area (Å²) in [5.74, 6) is -0.419. The highest BCUT2D eigenvalue weighted by molar-refractivity contribution is 5.80. The lowest BCUT2D eigenvalue weighted by atomic mass is 9.80. The Morgan fingerprint density at radius 3 is 2.69 bits per heavy atom. The minimum atomic E-state index is -4.52. The predicted octanol–water partition coefficient (Wildman–Crippen LogP) is 2.71. The molecule has 152 valence electrons. The number of carbonyl (C=O) groups is 1. The van der Waals surface area contributed by atoms with Gasteiger partial charge in [-0.25, -0.2) is 9.97 Å². The fourth-order valence-corrected chi connectivity index (χ4v) is 4.07. The summed E-state index contributed by atoms with van der Waals surface area (Å²) in [4.78, 5) is 23.0. The predicted molar refractivity (Wildman–Crippen MR) is 101 cm³/mol. The van der Waals surface area contributed by atoms with Gasteiger partial charge in [0.1, 0.15) is 18.1 Å². The average molecular weight is 403 g/mol. The SMILES string of the molecule is CC1(c2ccccc2)C(C(F)(F)F)NCCN1C(=O)Cn1cnc2cccnc21. The van der Waals surface area contributed by atoms with Crippen molar-refractivity contribution in [3.05, 3.63) is 60.6 Å². The molecule has 29 heavy (non-hydrogen) atoms. The second kappa shape index (κ2) is 7.14. The van der Waals surface area contributed by atoms with Crippen LogP contribution in [0.5, 0.6) is 0 Å². The molecule has 6 nitrogen and oxygen atoms in total. The standard InChI is InChI=1S/C20H20F3N5O/c1-19(14-6-3-2-4-7-14)18(20(21,22)23)25-10-11-28(19)16(29)12-27-13-26-15-8-5-9-24-17(15)27/h2-9,13,18,25H,10-12H2,1H3. The van der Waals surface area contributed by atoms with Crippen LogP contribution in [0, 0.1) is 0 Å². The molecule has 0 saturated carbocycles. The van der Waals surface area contributed by atoms with Crippen molar-refractivity contribution in [1.29, 1.82) is 0 Å². The quantitative estimate of drug-likeness (QED) is 0.731. The number of fused-ring (bicyclic) bond motifs is 1. The molecule has 2 unspecified atom stereocenters. The van der Waals surface area contributed by atoms with Crippen LogP contribution < -0.4 is 5.32 Å². The molecule has 3 aromatic rings. The normalized spacial score (nSPS) is 22.8. The van der Waals surface area contributed by atoms with Gasteiger partial charge in [0.2, 0.25) is 5.91 Å². The van der Waals surface area contributed by atoms with Crippen LogP contribution in [-0.4, -0.2) is 50.6 Å². The van der Waals surface area contributed by atoms with Gasteiger partial charge in [-0.1, -0.05) is 30.3 Å². The Hall–Kier alpha value is -2.94. The van der Waals surface area contributed by atoms with E-state index < -0.39 is 23.7 Å². The van der Waals surface area contributed by atoms with Crippen LogP contribution in [0.25, 0.3) is 11.2 Å². The first kappa shape index (κ1) is 19.4. The van der Waals surface area contributed by atoms with E-state index in [4.69, 9.17) is 0 Å². The van der Waals surface area contributed by atoms with Gasteiger partial charge in [-0.3, -0.25) is 4.79 Å². The number of aromatic nitrogens is 3. The molecule has 1 amide bonds. The Morgan fingerprint density at radius 2 is 1.97 bits per heavy atom. The number of nitrogens with one attached hydrogen (secondary N) is 1. The van der Waals surface area contributed by atoms with Gasteiger partial charge in [0.05, 0.1) is 11.9 Å². The smallest absolute Gasteiger partial charge is 0.328 e. The molecule has 0 aliphatic carbocycles. The summed E-state index contributed by atoms with van der Waals surface area (Å²) < 4.78 is 43.3. The van der Waals surface area contributed by atoms with Crippen molar-refractivity contribution in [2.75, 3.05) is 13.1 Å². The Balaban J connectivity index is 1.72. The monoisotopic (exact) mass is 403 g/mol. The summed E-state index contributed by atoms with van der Waals surface area (Å²) in [6.45, 7) is 1.55. The molecule has 1 saturated heterocycles. The zero-order chi connectivity index (χ0) is 20.6. The number of carbonyl (C=O) groups excluding carboxylic acids is 1. The van der Waals surface area contributed by atoms with Crippen LogP contribution in [0.2, 0.25) is 0 Å². The molecule has 0 spiro atoms. The van der Waals surface area contributed by atoms with E-state index >= 15 is 0 Å². The van der Waals surface area contributed by atoms with Crippen molar-refractivity contribution in [1.82, 2.24) is 24.8 Å². The lowest BCUT2D eigenvalue weighted by Crippen LogP contribution is -2.69. The first-order valence-electron chi connectivity index (χ1n) is 9.24. The van der Waals surface area contributed by atoms with Gasteiger partial charge in [-0.05, 0) is 24.6 Å². The third-order valence-corrected chi connectivity index (χ3v) is 5.47. The first-order chi connectivity index (χ1) is 13.8. The van der Waals surface area contributed by atoms with Crippen molar-refractivity contribution in [2.24, 2.45) is 0 Å². The minimum absolute atomic E-state index is 0.0568. The Kier molecular flexibility index (Phi) is 4.77. The van der Waals surface area contributed by atoms with Gasteiger partial charge in [0.25, 0.3) is 0 Å². The number of amides is 1. The maximum atomic E-state index is 13.9. The summed E-state index contributed by atoms with van der Waals surface area (Å²) in [7, 11) is 0. The lowest BCUT2D eigenvalue weighted by molar-refractivity contribution is -0.199. The van der Waals surface area contributed by atoms with Gasteiger partial charge < -0.3 is 14.8 Å². The van der Waals surface area contributed by atoms with E-state index in [1.165, 1.54) is 18.2 Å². The Morgan fingerprint density at radius 1 is 1.21 bits per heavy atom. The third-order valence-electron chi connectivity index (χ3n) is 5.47. The molecular weight excluding hydrogens is 383 g/mol. The molecule has 1 fully saturated rings. The molecule has 1 aromatic carbocycles. The fraction of sp³-hybridized carbons (Fsp3) is 0.350. The number of alkyl halides is 3. The van der Waals surface area contributed by atoms with Gasteiger partial charge in [-0.15, -0.1) is 0 Å². The molecule has 0 radical (unpaired) electrons. The summed E-state index contributed by atoms with van der Waals surface area (Å²) in [5, 5.41) is 2.57. The summed E-state index contributed by atoms with van der Waals surface area (Å²) >= 11 is 0. The van der Waals surface area contributed by atoms with Crippen molar-refractivity contribution in [3.8, 4) is 0 Å². The second-order valence-electron chi connectivity index (χ2n) is 7.21.